The second kappa shape index (κ2) is 8.23. The van der Waals surface area contributed by atoms with E-state index in [0.29, 0.717) is 50.1 Å². The third-order valence-corrected chi connectivity index (χ3v) is 6.07. The van der Waals surface area contributed by atoms with Crippen LogP contribution in [0.5, 0.6) is 0 Å². The molecule has 0 aromatic carbocycles. The number of nitrogens with zero attached hydrogens (tertiary/aromatic N) is 3. The van der Waals surface area contributed by atoms with Gasteiger partial charge in [-0.05, 0) is 26.2 Å². The van der Waals surface area contributed by atoms with Gasteiger partial charge in [0.1, 0.15) is 5.76 Å². The van der Waals surface area contributed by atoms with Gasteiger partial charge in [-0.25, -0.2) is 4.98 Å². The Kier molecular flexibility index (Phi) is 6.12. The first-order valence-electron chi connectivity index (χ1n) is 10.5. The van der Waals surface area contributed by atoms with Crippen LogP contribution in [-0.2, 0) is 9.53 Å². The van der Waals surface area contributed by atoms with Gasteiger partial charge in [-0.2, -0.15) is 0 Å². The summed E-state index contributed by atoms with van der Waals surface area (Å²) in [5.74, 6) is 1.51. The minimum atomic E-state index is -0.362. The van der Waals surface area contributed by atoms with Gasteiger partial charge in [-0.15, -0.1) is 0 Å². The van der Waals surface area contributed by atoms with Crippen molar-refractivity contribution in [3.8, 4) is 0 Å². The maximum absolute atomic E-state index is 13.1. The van der Waals surface area contributed by atoms with Gasteiger partial charge < -0.3 is 19.0 Å². The summed E-state index contributed by atoms with van der Waals surface area (Å²) in [7, 11) is 0. The van der Waals surface area contributed by atoms with Crippen molar-refractivity contribution in [2.75, 3.05) is 32.8 Å². The second-order valence-corrected chi connectivity index (χ2v) is 8.50. The van der Waals surface area contributed by atoms with E-state index in [2.05, 4.69) is 4.98 Å². The molecule has 0 aliphatic carbocycles. The molecule has 2 amide bonds. The molecule has 1 atom stereocenters. The first-order valence-corrected chi connectivity index (χ1v) is 10.5. The standard InChI is InChI=1S/C21H33N3O4/c1-6-15(4)19(25)23-9-7-21(8-10-23)13-24(11-12-27-21)20(26)17-16(5)28-18(22-17)14(2)3/h14-15H,6-13H2,1-5H3. The lowest BCUT2D eigenvalue weighted by Crippen LogP contribution is -2.59. The Bertz CT molecular complexity index is 719. The van der Waals surface area contributed by atoms with Crippen LogP contribution < -0.4 is 0 Å². The third-order valence-electron chi connectivity index (χ3n) is 6.07. The molecule has 0 bridgehead atoms. The number of carbonyl (C=O) groups excluding carboxylic acids is 2. The summed E-state index contributed by atoms with van der Waals surface area (Å²) >= 11 is 0. The lowest BCUT2D eigenvalue weighted by Gasteiger charge is -2.47. The minimum absolute atomic E-state index is 0.0599. The van der Waals surface area contributed by atoms with Gasteiger partial charge in [0.05, 0.1) is 18.8 Å². The molecule has 2 fully saturated rings. The summed E-state index contributed by atoms with van der Waals surface area (Å²) in [4.78, 5) is 33.7. The van der Waals surface area contributed by atoms with Crippen molar-refractivity contribution in [1.29, 1.82) is 0 Å². The molecule has 156 valence electrons. The summed E-state index contributed by atoms with van der Waals surface area (Å²) in [5.41, 5.74) is 0.0451. The lowest BCUT2D eigenvalue weighted by atomic mass is 9.88. The Hall–Kier alpha value is -1.89. The maximum Gasteiger partial charge on any atom is 0.276 e. The Labute approximate surface area is 167 Å². The highest BCUT2D eigenvalue weighted by atomic mass is 16.5. The average molecular weight is 392 g/mol. The van der Waals surface area contributed by atoms with E-state index in [-0.39, 0.29) is 29.3 Å². The Balaban J connectivity index is 1.66. The number of carbonyl (C=O) groups is 2. The molecular weight excluding hydrogens is 358 g/mol. The number of morpholine rings is 1. The number of rotatable bonds is 4. The van der Waals surface area contributed by atoms with E-state index < -0.39 is 0 Å². The molecular formula is C21H33N3O4. The topological polar surface area (TPSA) is 75.9 Å². The number of aromatic nitrogens is 1. The van der Waals surface area contributed by atoms with E-state index >= 15 is 0 Å². The quantitative estimate of drug-likeness (QED) is 0.789. The zero-order valence-electron chi connectivity index (χ0n) is 17.8. The first kappa shape index (κ1) is 20.8. The summed E-state index contributed by atoms with van der Waals surface area (Å²) in [6, 6.07) is 0. The van der Waals surface area contributed by atoms with Crippen LogP contribution in [0.15, 0.2) is 4.42 Å². The van der Waals surface area contributed by atoms with Gasteiger partial charge in [-0.3, -0.25) is 9.59 Å². The lowest BCUT2D eigenvalue weighted by molar-refractivity contribution is -0.149. The van der Waals surface area contributed by atoms with Crippen LogP contribution in [0.4, 0.5) is 0 Å². The molecule has 1 spiro atoms. The number of likely N-dealkylation sites (tertiary alicyclic amines) is 1. The molecule has 7 nitrogen and oxygen atoms in total. The van der Waals surface area contributed by atoms with Crippen LogP contribution in [0.1, 0.15) is 75.0 Å². The van der Waals surface area contributed by atoms with Crippen molar-refractivity contribution >= 4 is 11.8 Å². The molecule has 0 radical (unpaired) electrons. The SMILES string of the molecule is CCC(C)C(=O)N1CCC2(CC1)CN(C(=O)c1nc(C(C)C)oc1C)CCO2. The van der Waals surface area contributed by atoms with Gasteiger partial charge in [0, 0.05) is 31.5 Å². The van der Waals surface area contributed by atoms with Gasteiger partial charge in [0.2, 0.25) is 5.91 Å². The largest absolute Gasteiger partial charge is 0.445 e. The van der Waals surface area contributed by atoms with Crippen molar-refractivity contribution < 1.29 is 18.7 Å². The van der Waals surface area contributed by atoms with E-state index in [0.717, 1.165) is 19.3 Å². The summed E-state index contributed by atoms with van der Waals surface area (Å²) in [6.45, 7) is 12.8. The van der Waals surface area contributed by atoms with Crippen LogP contribution in [0, 0.1) is 12.8 Å². The molecule has 0 saturated carbocycles. The van der Waals surface area contributed by atoms with Crippen LogP contribution in [0.25, 0.3) is 0 Å². The molecule has 2 aliphatic rings. The number of ether oxygens (including phenoxy) is 1. The van der Waals surface area contributed by atoms with E-state index in [1.165, 1.54) is 0 Å². The van der Waals surface area contributed by atoms with E-state index in [1.807, 2.05) is 37.5 Å². The smallest absolute Gasteiger partial charge is 0.276 e. The fourth-order valence-electron chi connectivity index (χ4n) is 3.95. The summed E-state index contributed by atoms with van der Waals surface area (Å²) < 4.78 is 11.8. The number of oxazole rings is 1. The molecule has 1 aromatic heterocycles. The molecule has 3 heterocycles. The number of hydrogen-bond acceptors (Lipinski definition) is 5. The molecule has 3 rings (SSSR count). The van der Waals surface area contributed by atoms with Crippen LogP contribution >= 0.6 is 0 Å². The fourth-order valence-corrected chi connectivity index (χ4v) is 3.95. The fraction of sp³-hybridized carbons (Fsp3) is 0.762. The van der Waals surface area contributed by atoms with Gasteiger partial charge in [-0.1, -0.05) is 27.7 Å². The highest BCUT2D eigenvalue weighted by Gasteiger charge is 2.42. The number of hydrogen-bond donors (Lipinski definition) is 0. The predicted octanol–water partition coefficient (Wildman–Crippen LogP) is 2.99. The molecule has 2 aliphatic heterocycles. The first-order chi connectivity index (χ1) is 13.3. The number of piperidine rings is 1. The van der Waals surface area contributed by atoms with Crippen LogP contribution in [0.3, 0.4) is 0 Å². The van der Waals surface area contributed by atoms with Crippen molar-refractivity contribution in [2.45, 2.75) is 65.4 Å². The summed E-state index contributed by atoms with van der Waals surface area (Å²) in [6.07, 6.45) is 2.37. The van der Waals surface area contributed by atoms with Crippen molar-refractivity contribution in [1.82, 2.24) is 14.8 Å². The number of amides is 2. The summed E-state index contributed by atoms with van der Waals surface area (Å²) in [5, 5.41) is 0. The third kappa shape index (κ3) is 4.09. The van der Waals surface area contributed by atoms with Crippen molar-refractivity contribution in [3.63, 3.8) is 0 Å². The normalized spacial score (nSPS) is 20.6. The van der Waals surface area contributed by atoms with Crippen LogP contribution in [0.2, 0.25) is 0 Å². The molecule has 1 aromatic rings. The Morgan fingerprint density at radius 3 is 2.39 bits per heavy atom. The second-order valence-electron chi connectivity index (χ2n) is 8.50. The number of aryl methyl sites for hydroxylation is 1. The molecule has 2 saturated heterocycles. The van der Waals surface area contributed by atoms with Crippen molar-refractivity contribution in [2.24, 2.45) is 5.92 Å². The van der Waals surface area contributed by atoms with Gasteiger partial charge >= 0.3 is 0 Å². The van der Waals surface area contributed by atoms with E-state index in [1.54, 1.807) is 6.92 Å². The molecule has 0 N–H and O–H groups in total. The highest BCUT2D eigenvalue weighted by Crippen LogP contribution is 2.32. The van der Waals surface area contributed by atoms with Gasteiger partial charge in [0.25, 0.3) is 5.91 Å². The van der Waals surface area contributed by atoms with E-state index in [9.17, 15) is 9.59 Å². The Morgan fingerprint density at radius 1 is 1.14 bits per heavy atom. The maximum atomic E-state index is 13.1. The average Bonchev–Trinajstić information content (AvgIpc) is 3.09. The molecule has 28 heavy (non-hydrogen) atoms. The van der Waals surface area contributed by atoms with Gasteiger partial charge in [0.15, 0.2) is 11.6 Å². The predicted molar refractivity (Wildman–Crippen MR) is 105 cm³/mol. The molecule has 1 unspecified atom stereocenters. The van der Waals surface area contributed by atoms with Crippen molar-refractivity contribution in [3.05, 3.63) is 17.3 Å². The highest BCUT2D eigenvalue weighted by molar-refractivity contribution is 5.93. The zero-order chi connectivity index (χ0) is 20.5. The monoisotopic (exact) mass is 391 g/mol. The minimum Gasteiger partial charge on any atom is -0.445 e. The van der Waals surface area contributed by atoms with Crippen LogP contribution in [-0.4, -0.2) is 65.0 Å². The van der Waals surface area contributed by atoms with E-state index in [4.69, 9.17) is 9.15 Å². The Morgan fingerprint density at radius 2 is 1.82 bits per heavy atom. The zero-order valence-corrected chi connectivity index (χ0v) is 17.8. The molecule has 7 heteroatoms.